The molecule has 0 saturated carbocycles. The van der Waals surface area contributed by atoms with Crippen molar-refractivity contribution in [1.29, 1.82) is 0 Å². The van der Waals surface area contributed by atoms with Crippen LogP contribution in [0.1, 0.15) is 29.2 Å². The summed E-state index contributed by atoms with van der Waals surface area (Å²) in [7, 11) is 0. The number of H-pyrrole nitrogens is 1. The predicted molar refractivity (Wildman–Crippen MR) is 117 cm³/mol. The normalized spacial score (nSPS) is 15.2. The van der Waals surface area contributed by atoms with E-state index in [0.717, 1.165) is 12.1 Å². The molecule has 0 bridgehead atoms. The van der Waals surface area contributed by atoms with E-state index in [1.165, 1.54) is 12.3 Å². The van der Waals surface area contributed by atoms with Crippen LogP contribution in [0.4, 0.5) is 18.9 Å². The van der Waals surface area contributed by atoms with Gasteiger partial charge in [-0.1, -0.05) is 0 Å². The fourth-order valence-corrected chi connectivity index (χ4v) is 4.06. The lowest BCUT2D eigenvalue weighted by atomic mass is 10.0. The van der Waals surface area contributed by atoms with Gasteiger partial charge >= 0.3 is 12.1 Å². The average Bonchev–Trinajstić information content (AvgIpc) is 3.07. The Morgan fingerprint density at radius 3 is 2.56 bits per heavy atom. The summed E-state index contributed by atoms with van der Waals surface area (Å²) >= 11 is 1.73. The monoisotopic (exact) mass is 563 g/mol. The van der Waals surface area contributed by atoms with Crippen molar-refractivity contribution in [3.63, 3.8) is 0 Å². The molecule has 4 rings (SSSR count). The van der Waals surface area contributed by atoms with Gasteiger partial charge in [0.15, 0.2) is 34.4 Å². The quantitative estimate of drug-likeness (QED) is 0.372. The molecule has 0 radical (unpaired) electrons. The summed E-state index contributed by atoms with van der Waals surface area (Å²) in [6.45, 7) is 0.692. The van der Waals surface area contributed by atoms with Crippen molar-refractivity contribution in [3.05, 3.63) is 46.5 Å². The fraction of sp³-hybridized carbons (Fsp3) is 0.316. The number of benzene rings is 1. The van der Waals surface area contributed by atoms with Crippen LogP contribution < -0.4 is 19.2 Å². The lowest BCUT2D eigenvalue weighted by Crippen LogP contribution is -2.40. The highest BCUT2D eigenvalue weighted by Gasteiger charge is 2.32. The molecule has 13 heteroatoms. The second kappa shape index (κ2) is 8.52. The highest BCUT2D eigenvalue weighted by Crippen LogP contribution is 2.30. The smallest absolute Gasteiger partial charge is 0.426 e. The number of piperidine rings is 1. The number of carbonyl (C=O) groups is 1. The van der Waals surface area contributed by atoms with Gasteiger partial charge in [0.1, 0.15) is 5.75 Å². The Balaban J connectivity index is 1.49. The van der Waals surface area contributed by atoms with Crippen molar-refractivity contribution < 1.29 is 25.8 Å². The van der Waals surface area contributed by atoms with Crippen molar-refractivity contribution >= 4 is 45.8 Å². The first-order valence-electron chi connectivity index (χ1n) is 9.49. The van der Waals surface area contributed by atoms with Gasteiger partial charge in [0.25, 0.3) is 5.91 Å². The first kappa shape index (κ1) is 22.2. The Bertz CT molecular complexity index is 1220. The molecule has 32 heavy (non-hydrogen) atoms. The number of hydrogen-bond acceptors (Lipinski definition) is 6. The first-order chi connectivity index (χ1) is 15.2. The van der Waals surface area contributed by atoms with Crippen molar-refractivity contribution in [1.82, 2.24) is 19.4 Å². The Morgan fingerprint density at radius 1 is 1.22 bits per heavy atom. The number of pyridine rings is 1. The van der Waals surface area contributed by atoms with Gasteiger partial charge in [-0.05, 0) is 25.0 Å². The number of likely N-dealkylation sites (tertiary alicyclic amines) is 1. The highest BCUT2D eigenvalue weighted by atomic mass is 127. The number of alkyl halides is 3. The largest absolute Gasteiger partial charge is 0.573 e. The molecule has 9 nitrogen and oxygen atoms in total. The van der Waals surface area contributed by atoms with E-state index in [4.69, 9.17) is 8.80 Å². The summed E-state index contributed by atoms with van der Waals surface area (Å²) in [4.78, 5) is 33.8. The maximum absolute atomic E-state index is 12.9. The maximum atomic E-state index is 12.9. The van der Waals surface area contributed by atoms with Crippen molar-refractivity contribution in [2.75, 3.05) is 18.8 Å². The molecule has 3 N–H and O–H groups in total. The van der Waals surface area contributed by atoms with Crippen LogP contribution in [0.15, 0.2) is 35.3 Å². The number of hydrogen-bond donors (Lipinski definition) is 2. The van der Waals surface area contributed by atoms with Crippen LogP contribution in [0.5, 0.6) is 11.5 Å². The number of nitrogens with zero attached hydrogens (tertiary/aromatic N) is 3. The van der Waals surface area contributed by atoms with E-state index in [9.17, 15) is 22.8 Å². The molecule has 0 spiro atoms. The number of nitrogens with one attached hydrogen (secondary N) is 1. The number of nitrogen functional groups attached to an aromatic ring is 1. The summed E-state index contributed by atoms with van der Waals surface area (Å²) in [5, 5.41) is 0. The standard InChI is InChI=1S/C19H17F3IN5O4/c20-19(21,22)31-11-1-2-13(14(24)7-11)17(29)27-5-3-10(4-6-27)28-15-8-12(32-23)9-25-16(15)26-18(28)30/h1-2,7-10H,3-6,24H2,(H,25,26,30). The van der Waals surface area contributed by atoms with Gasteiger partial charge in [-0.2, -0.15) is 0 Å². The molecule has 1 aromatic carbocycles. The molecule has 1 amide bonds. The van der Waals surface area contributed by atoms with Crippen LogP contribution >= 0.6 is 23.0 Å². The zero-order valence-corrected chi connectivity index (χ0v) is 18.5. The summed E-state index contributed by atoms with van der Waals surface area (Å²) in [5.74, 6) is -0.382. The number of amides is 1. The number of ether oxygens (including phenoxy) is 1. The number of fused-ring (bicyclic) bond motifs is 1. The lowest BCUT2D eigenvalue weighted by molar-refractivity contribution is -0.274. The second-order valence-corrected chi connectivity index (χ2v) is 7.68. The molecule has 0 unspecified atom stereocenters. The molecule has 170 valence electrons. The topological polar surface area (TPSA) is 115 Å². The number of imidazole rings is 1. The van der Waals surface area contributed by atoms with Crippen LogP contribution in [0.25, 0.3) is 11.2 Å². The molecule has 0 atom stereocenters. The summed E-state index contributed by atoms with van der Waals surface area (Å²) < 4.78 is 47.7. The molecule has 3 aromatic rings. The van der Waals surface area contributed by atoms with Gasteiger partial charge in [-0.25, -0.2) is 9.78 Å². The summed E-state index contributed by atoms with van der Waals surface area (Å²) in [6, 6.07) is 4.79. The number of carbonyl (C=O) groups excluding carboxylic acids is 1. The van der Waals surface area contributed by atoms with Crippen molar-refractivity contribution in [3.8, 4) is 11.5 Å². The molecular formula is C19H17F3IN5O4. The van der Waals surface area contributed by atoms with Gasteiger partial charge < -0.3 is 18.4 Å². The van der Waals surface area contributed by atoms with E-state index in [-0.39, 0.29) is 23.0 Å². The van der Waals surface area contributed by atoms with Crippen molar-refractivity contribution in [2.45, 2.75) is 25.2 Å². The molecule has 1 aliphatic heterocycles. The Hall–Kier alpha value is -2.97. The van der Waals surface area contributed by atoms with Crippen LogP contribution in [0, 0.1) is 0 Å². The Kier molecular flexibility index (Phi) is 5.92. The molecular weight excluding hydrogens is 546 g/mol. The Morgan fingerprint density at radius 2 is 1.94 bits per heavy atom. The predicted octanol–water partition coefficient (Wildman–Crippen LogP) is 3.41. The molecule has 3 heterocycles. The van der Waals surface area contributed by atoms with Gasteiger partial charge in [-0.3, -0.25) is 14.3 Å². The number of aromatic nitrogens is 3. The zero-order chi connectivity index (χ0) is 23.0. The fourth-order valence-electron chi connectivity index (χ4n) is 3.82. The van der Waals surface area contributed by atoms with Crippen molar-refractivity contribution in [2.24, 2.45) is 0 Å². The van der Waals surface area contributed by atoms with Gasteiger partial charge in [-0.15, -0.1) is 13.2 Å². The minimum absolute atomic E-state index is 0.0928. The second-order valence-electron chi connectivity index (χ2n) is 7.24. The minimum atomic E-state index is -4.85. The van der Waals surface area contributed by atoms with E-state index >= 15 is 0 Å². The van der Waals surface area contributed by atoms with E-state index in [1.54, 1.807) is 38.5 Å². The summed E-state index contributed by atoms with van der Waals surface area (Å²) in [5.41, 5.74) is 6.54. The number of rotatable bonds is 4. The van der Waals surface area contributed by atoms with Crippen LogP contribution in [-0.4, -0.2) is 44.8 Å². The van der Waals surface area contributed by atoms with Crippen LogP contribution in [-0.2, 0) is 0 Å². The zero-order valence-electron chi connectivity index (χ0n) is 16.4. The van der Waals surface area contributed by atoms with Crippen LogP contribution in [0.3, 0.4) is 0 Å². The van der Waals surface area contributed by atoms with E-state index in [1.807, 2.05) is 0 Å². The van der Waals surface area contributed by atoms with E-state index in [0.29, 0.717) is 42.8 Å². The van der Waals surface area contributed by atoms with Crippen LogP contribution in [0.2, 0.25) is 0 Å². The number of nitrogens with two attached hydrogens (primary N) is 1. The third-order valence-corrected chi connectivity index (χ3v) is 5.75. The van der Waals surface area contributed by atoms with Gasteiger partial charge in [0, 0.05) is 37.0 Å². The average molecular weight is 563 g/mol. The maximum Gasteiger partial charge on any atom is 0.573 e. The van der Waals surface area contributed by atoms with Gasteiger partial charge in [0.05, 0.1) is 17.3 Å². The molecule has 0 aliphatic carbocycles. The minimum Gasteiger partial charge on any atom is -0.426 e. The Labute approximate surface area is 193 Å². The SMILES string of the molecule is Nc1cc(OC(F)(F)F)ccc1C(=O)N1CCC(n2c(=O)[nH]c3ncc(OI)cc32)CC1. The van der Waals surface area contributed by atoms with E-state index in [2.05, 4.69) is 14.7 Å². The lowest BCUT2D eigenvalue weighted by Gasteiger charge is -2.32. The van der Waals surface area contributed by atoms with E-state index < -0.39 is 18.0 Å². The number of aromatic amines is 1. The molecule has 1 fully saturated rings. The first-order valence-corrected chi connectivity index (χ1v) is 10.4. The number of anilines is 1. The highest BCUT2D eigenvalue weighted by molar-refractivity contribution is 14.1. The summed E-state index contributed by atoms with van der Waals surface area (Å²) in [6.07, 6.45) is -2.34. The van der Waals surface area contributed by atoms with Gasteiger partial charge in [0.2, 0.25) is 0 Å². The molecule has 2 aromatic heterocycles. The third kappa shape index (κ3) is 4.47. The number of halogens is 4. The molecule has 1 saturated heterocycles. The molecule has 1 aliphatic rings. The third-order valence-electron chi connectivity index (χ3n) is 5.24.